The van der Waals surface area contributed by atoms with Crippen molar-refractivity contribution in [1.82, 2.24) is 5.32 Å². The van der Waals surface area contributed by atoms with E-state index < -0.39 is 20.0 Å². The highest BCUT2D eigenvalue weighted by Crippen LogP contribution is 2.38. The number of amides is 1. The monoisotopic (exact) mass is 799 g/mol. The van der Waals surface area contributed by atoms with Gasteiger partial charge < -0.3 is 28.8 Å². The molecule has 1 amide bonds. The summed E-state index contributed by atoms with van der Waals surface area (Å²) in [6.07, 6.45) is 45.3. The van der Waals surface area contributed by atoms with Crippen molar-refractivity contribution in [3.05, 3.63) is 24.3 Å². The molecule has 0 aromatic carbocycles. The number of aliphatic hydroxyl groups is 1. The van der Waals surface area contributed by atoms with Crippen molar-refractivity contribution in [2.45, 2.75) is 225 Å². The Hall–Kier alpha value is -1.02. The smallest absolute Gasteiger partial charge is 0.268 e. The molecule has 0 aromatic heterocycles. The predicted octanol–water partition coefficient (Wildman–Crippen LogP) is 12.3. The zero-order valence-electron chi connectivity index (χ0n) is 36.9. The van der Waals surface area contributed by atoms with E-state index in [1.54, 1.807) is 6.08 Å². The molecule has 3 atom stereocenters. The van der Waals surface area contributed by atoms with E-state index in [-0.39, 0.29) is 19.1 Å². The van der Waals surface area contributed by atoms with Gasteiger partial charge in [0.05, 0.1) is 39.9 Å². The molecular formula is C46H91N2O6P. The highest BCUT2D eigenvalue weighted by molar-refractivity contribution is 7.45. The maximum absolute atomic E-state index is 12.8. The van der Waals surface area contributed by atoms with Crippen molar-refractivity contribution in [2.24, 2.45) is 0 Å². The molecule has 9 heteroatoms. The second-order valence-electron chi connectivity index (χ2n) is 17.1. The fourth-order valence-electron chi connectivity index (χ4n) is 6.68. The van der Waals surface area contributed by atoms with Gasteiger partial charge >= 0.3 is 0 Å². The zero-order valence-corrected chi connectivity index (χ0v) is 37.8. The average molecular weight is 799 g/mol. The number of allylic oxidation sites excluding steroid dienone is 3. The molecule has 0 radical (unpaired) electrons. The van der Waals surface area contributed by atoms with Crippen molar-refractivity contribution in [3.8, 4) is 0 Å². The van der Waals surface area contributed by atoms with Crippen LogP contribution in [0.4, 0.5) is 0 Å². The largest absolute Gasteiger partial charge is 0.756 e. The number of carbonyl (C=O) groups is 1. The predicted molar refractivity (Wildman–Crippen MR) is 233 cm³/mol. The number of nitrogens with one attached hydrogen (secondary N) is 1. The summed E-state index contributed by atoms with van der Waals surface area (Å²) in [5.74, 6) is -0.209. The zero-order chi connectivity index (χ0) is 40.7. The Morgan fingerprint density at radius 1 is 0.618 bits per heavy atom. The van der Waals surface area contributed by atoms with Crippen LogP contribution in [0.2, 0.25) is 0 Å². The number of phosphoric acid groups is 1. The van der Waals surface area contributed by atoms with E-state index >= 15 is 0 Å². The highest BCUT2D eigenvalue weighted by Gasteiger charge is 2.23. The Morgan fingerprint density at radius 2 is 1.04 bits per heavy atom. The van der Waals surface area contributed by atoms with Gasteiger partial charge in [0.2, 0.25) is 5.91 Å². The maximum atomic E-state index is 12.8. The lowest BCUT2D eigenvalue weighted by atomic mass is 10.0. The molecule has 326 valence electrons. The number of quaternary nitrogens is 1. The normalized spacial score (nSPS) is 14.5. The van der Waals surface area contributed by atoms with Crippen LogP contribution in [0.5, 0.6) is 0 Å². The number of phosphoric ester groups is 1. The van der Waals surface area contributed by atoms with Gasteiger partial charge in [-0.3, -0.25) is 9.36 Å². The van der Waals surface area contributed by atoms with E-state index in [1.807, 2.05) is 27.2 Å². The van der Waals surface area contributed by atoms with Gasteiger partial charge in [0, 0.05) is 6.42 Å². The quantitative estimate of drug-likeness (QED) is 0.0276. The molecule has 8 nitrogen and oxygen atoms in total. The topological polar surface area (TPSA) is 108 Å². The maximum Gasteiger partial charge on any atom is 0.268 e. The number of rotatable bonds is 42. The first-order valence-corrected chi connectivity index (χ1v) is 24.7. The van der Waals surface area contributed by atoms with Crippen LogP contribution in [0.1, 0.15) is 213 Å². The molecule has 0 saturated carbocycles. The second kappa shape index (κ2) is 38.5. The standard InChI is InChI=1S/C46H91N2O6P/c1-6-8-10-12-14-16-18-19-20-21-22-23-24-25-26-27-28-29-30-31-33-35-37-39-45(49)44(43-54-55(51,52)53-42-41-48(3,4)5)47-46(50)40-38-36-34-32-17-15-13-11-9-7-2/h11,13,37,39,44-45,49H,6-10,12,14-36,38,40-43H2,1-5H3,(H-,47,50,51,52)/b13-11-,39-37+. The Balaban J connectivity index is 4.25. The van der Waals surface area contributed by atoms with E-state index in [1.165, 1.54) is 128 Å². The fraction of sp³-hybridized carbons (Fsp3) is 0.891. The lowest BCUT2D eigenvalue weighted by Crippen LogP contribution is -2.45. The summed E-state index contributed by atoms with van der Waals surface area (Å²) >= 11 is 0. The Bertz CT molecular complexity index is 953. The summed E-state index contributed by atoms with van der Waals surface area (Å²) in [5.41, 5.74) is 0. The van der Waals surface area contributed by atoms with Crippen molar-refractivity contribution in [2.75, 3.05) is 40.9 Å². The molecule has 0 aliphatic rings. The van der Waals surface area contributed by atoms with Crippen molar-refractivity contribution in [1.29, 1.82) is 0 Å². The summed E-state index contributed by atoms with van der Waals surface area (Å²) < 4.78 is 23.2. The number of hydrogen-bond donors (Lipinski definition) is 2. The van der Waals surface area contributed by atoms with E-state index in [4.69, 9.17) is 9.05 Å². The van der Waals surface area contributed by atoms with Gasteiger partial charge in [-0.2, -0.15) is 0 Å². The fourth-order valence-corrected chi connectivity index (χ4v) is 7.41. The molecule has 0 saturated heterocycles. The number of hydrogen-bond acceptors (Lipinski definition) is 6. The first kappa shape index (κ1) is 54.0. The molecule has 0 aliphatic heterocycles. The van der Waals surface area contributed by atoms with E-state index in [2.05, 4.69) is 31.3 Å². The molecule has 55 heavy (non-hydrogen) atoms. The van der Waals surface area contributed by atoms with Crippen LogP contribution in [0.3, 0.4) is 0 Å². The first-order chi connectivity index (χ1) is 26.5. The number of aliphatic hydroxyl groups excluding tert-OH is 1. The van der Waals surface area contributed by atoms with Crippen LogP contribution in [-0.2, 0) is 18.4 Å². The molecular weight excluding hydrogens is 707 g/mol. The minimum absolute atomic E-state index is 0.00169. The average Bonchev–Trinajstić information content (AvgIpc) is 3.13. The second-order valence-corrected chi connectivity index (χ2v) is 18.5. The number of nitrogens with zero attached hydrogens (tertiary/aromatic N) is 1. The van der Waals surface area contributed by atoms with Crippen molar-refractivity contribution < 1.29 is 32.9 Å². The Morgan fingerprint density at radius 3 is 1.49 bits per heavy atom. The van der Waals surface area contributed by atoms with Crippen LogP contribution in [0.15, 0.2) is 24.3 Å². The highest BCUT2D eigenvalue weighted by atomic mass is 31.2. The Kier molecular flexibility index (Phi) is 37.8. The van der Waals surface area contributed by atoms with E-state index in [0.29, 0.717) is 17.4 Å². The third-order valence-corrected chi connectivity index (χ3v) is 11.4. The molecule has 0 spiro atoms. The number of likely N-dealkylation sites (N-methyl/N-ethyl adjacent to an activating group) is 1. The summed E-state index contributed by atoms with van der Waals surface area (Å²) in [6.45, 7) is 4.58. The van der Waals surface area contributed by atoms with Crippen molar-refractivity contribution in [3.63, 3.8) is 0 Å². The first-order valence-electron chi connectivity index (χ1n) is 23.2. The van der Waals surface area contributed by atoms with Crippen LogP contribution >= 0.6 is 7.82 Å². The number of carbonyl (C=O) groups excluding carboxylic acids is 1. The molecule has 0 heterocycles. The molecule has 0 aromatic rings. The van der Waals surface area contributed by atoms with Gasteiger partial charge in [0.1, 0.15) is 13.2 Å². The molecule has 2 N–H and O–H groups in total. The summed E-state index contributed by atoms with van der Waals surface area (Å²) in [6, 6.07) is -0.886. The van der Waals surface area contributed by atoms with Crippen LogP contribution in [0, 0.1) is 0 Å². The SMILES string of the molecule is CCC/C=C\CCCCCCCC(=O)NC(COP(=O)([O-])OCC[N+](C)(C)C)C(O)/C=C/CCCCCCCCCCCCCCCCCCCCCCC. The summed E-state index contributed by atoms with van der Waals surface area (Å²) in [4.78, 5) is 25.2. The minimum atomic E-state index is -4.58. The van der Waals surface area contributed by atoms with Gasteiger partial charge in [0.15, 0.2) is 0 Å². The van der Waals surface area contributed by atoms with Gasteiger partial charge in [-0.15, -0.1) is 0 Å². The third kappa shape index (κ3) is 41.0. The van der Waals surface area contributed by atoms with E-state index in [0.717, 1.165) is 64.2 Å². The van der Waals surface area contributed by atoms with Gasteiger partial charge in [0.25, 0.3) is 7.82 Å². The molecule has 0 rings (SSSR count). The lowest BCUT2D eigenvalue weighted by molar-refractivity contribution is -0.870. The molecule has 3 unspecified atom stereocenters. The Labute approximate surface area is 341 Å². The molecule has 0 bridgehead atoms. The van der Waals surface area contributed by atoms with Gasteiger partial charge in [-0.25, -0.2) is 0 Å². The van der Waals surface area contributed by atoms with Crippen LogP contribution in [0.25, 0.3) is 0 Å². The number of unbranched alkanes of at least 4 members (excludes halogenated alkanes) is 27. The molecule has 0 fully saturated rings. The lowest BCUT2D eigenvalue weighted by Gasteiger charge is -2.29. The van der Waals surface area contributed by atoms with Gasteiger partial charge in [-0.05, 0) is 38.5 Å². The van der Waals surface area contributed by atoms with E-state index in [9.17, 15) is 19.4 Å². The molecule has 0 aliphatic carbocycles. The summed E-state index contributed by atoms with van der Waals surface area (Å²) in [5, 5.41) is 13.8. The third-order valence-electron chi connectivity index (χ3n) is 10.4. The minimum Gasteiger partial charge on any atom is -0.756 e. The van der Waals surface area contributed by atoms with Crippen LogP contribution < -0.4 is 10.2 Å². The van der Waals surface area contributed by atoms with Crippen molar-refractivity contribution >= 4 is 13.7 Å². The summed E-state index contributed by atoms with van der Waals surface area (Å²) in [7, 11) is 1.26. The van der Waals surface area contributed by atoms with Gasteiger partial charge in [-0.1, -0.05) is 192 Å². The van der Waals surface area contributed by atoms with Crippen LogP contribution in [-0.4, -0.2) is 68.5 Å².